The number of methoxy groups -OCH3 is 1. The number of amides is 1. The monoisotopic (exact) mass is 449 g/mol. The summed E-state index contributed by atoms with van der Waals surface area (Å²) in [5.74, 6) is 1.20. The average molecular weight is 450 g/mol. The van der Waals surface area contributed by atoms with Crippen molar-refractivity contribution >= 4 is 5.91 Å². The fourth-order valence-corrected chi connectivity index (χ4v) is 4.00. The zero-order valence-electron chi connectivity index (χ0n) is 19.5. The molecule has 0 spiro atoms. The van der Waals surface area contributed by atoms with Gasteiger partial charge < -0.3 is 19.5 Å². The molecule has 0 saturated carbocycles. The van der Waals surface area contributed by atoms with Gasteiger partial charge in [0.25, 0.3) is 5.91 Å². The van der Waals surface area contributed by atoms with Gasteiger partial charge in [0.15, 0.2) is 11.5 Å². The van der Waals surface area contributed by atoms with Crippen molar-refractivity contribution in [1.29, 1.82) is 0 Å². The highest BCUT2D eigenvalue weighted by Crippen LogP contribution is 2.29. The topological polar surface area (TPSA) is 74.6 Å². The Bertz CT molecular complexity index is 1100. The lowest BCUT2D eigenvalue weighted by Crippen LogP contribution is -2.23. The van der Waals surface area contributed by atoms with Crippen LogP contribution in [-0.4, -0.2) is 42.1 Å². The smallest absolute Gasteiger partial charge is 0.251 e. The molecule has 1 N–H and O–H groups in total. The number of hydrogen-bond donors (Lipinski definition) is 1. The first-order valence-corrected chi connectivity index (χ1v) is 11.3. The SMILES string of the molecule is COc1cc(CNC(=O)c2cccc(Cn3nc(C)cc3C)c2)ccc1OCC1CCCO1. The van der Waals surface area contributed by atoms with E-state index in [1.165, 1.54) is 0 Å². The molecule has 174 valence electrons. The zero-order chi connectivity index (χ0) is 23.2. The van der Waals surface area contributed by atoms with E-state index in [4.69, 9.17) is 14.2 Å². The molecule has 7 heteroatoms. The van der Waals surface area contributed by atoms with Crippen molar-refractivity contribution in [2.45, 2.75) is 45.9 Å². The van der Waals surface area contributed by atoms with Gasteiger partial charge in [0.2, 0.25) is 0 Å². The van der Waals surface area contributed by atoms with Gasteiger partial charge in [-0.1, -0.05) is 18.2 Å². The normalized spacial score (nSPS) is 15.4. The summed E-state index contributed by atoms with van der Waals surface area (Å²) in [5.41, 5.74) is 4.67. The van der Waals surface area contributed by atoms with Crippen molar-refractivity contribution in [3.8, 4) is 11.5 Å². The maximum absolute atomic E-state index is 12.8. The van der Waals surface area contributed by atoms with E-state index in [1.807, 2.05) is 67.1 Å². The molecule has 0 radical (unpaired) electrons. The minimum Gasteiger partial charge on any atom is -0.493 e. The molecule has 1 saturated heterocycles. The Morgan fingerprint density at radius 1 is 1.15 bits per heavy atom. The van der Waals surface area contributed by atoms with Gasteiger partial charge in [-0.15, -0.1) is 0 Å². The summed E-state index contributed by atoms with van der Waals surface area (Å²) in [7, 11) is 1.62. The molecular formula is C26H31N3O4. The third-order valence-corrected chi connectivity index (χ3v) is 5.75. The van der Waals surface area contributed by atoms with Crippen LogP contribution in [0.2, 0.25) is 0 Å². The predicted molar refractivity (Wildman–Crippen MR) is 126 cm³/mol. The van der Waals surface area contributed by atoms with E-state index in [9.17, 15) is 4.79 Å². The van der Waals surface area contributed by atoms with Crippen molar-refractivity contribution in [2.75, 3.05) is 20.3 Å². The Labute approximate surface area is 194 Å². The molecular weight excluding hydrogens is 418 g/mol. The summed E-state index contributed by atoms with van der Waals surface area (Å²) in [6.07, 6.45) is 2.25. The van der Waals surface area contributed by atoms with Crippen molar-refractivity contribution in [2.24, 2.45) is 0 Å². The van der Waals surface area contributed by atoms with Gasteiger partial charge in [0, 0.05) is 24.4 Å². The van der Waals surface area contributed by atoms with Crippen molar-refractivity contribution in [1.82, 2.24) is 15.1 Å². The first-order valence-electron chi connectivity index (χ1n) is 11.3. The molecule has 1 unspecified atom stereocenters. The second-order valence-corrected chi connectivity index (χ2v) is 8.40. The number of nitrogens with zero attached hydrogens (tertiary/aromatic N) is 2. The van der Waals surface area contributed by atoms with E-state index in [0.29, 0.717) is 36.8 Å². The second kappa shape index (κ2) is 10.5. The van der Waals surface area contributed by atoms with Crippen molar-refractivity contribution in [3.05, 3.63) is 76.6 Å². The minimum absolute atomic E-state index is 0.122. The van der Waals surface area contributed by atoms with Gasteiger partial charge in [-0.2, -0.15) is 5.10 Å². The lowest BCUT2D eigenvalue weighted by molar-refractivity contribution is 0.0669. The highest BCUT2D eigenvalue weighted by atomic mass is 16.5. The summed E-state index contributed by atoms with van der Waals surface area (Å²) in [4.78, 5) is 12.8. The molecule has 1 amide bonds. The van der Waals surface area contributed by atoms with Crippen LogP contribution in [0.3, 0.4) is 0 Å². The Kier molecular flexibility index (Phi) is 7.29. The standard InChI is InChI=1S/C26H31N3O4/c1-18-12-19(2)29(28-18)16-21-6-4-7-22(13-21)26(30)27-15-20-9-10-24(25(14-20)31-3)33-17-23-8-5-11-32-23/h4,6-7,9-10,12-14,23H,5,8,11,15-17H2,1-3H3,(H,27,30). The Hall–Kier alpha value is -3.32. The lowest BCUT2D eigenvalue weighted by Gasteiger charge is -2.15. The summed E-state index contributed by atoms with van der Waals surface area (Å²) in [5, 5.41) is 7.49. The molecule has 0 bridgehead atoms. The Morgan fingerprint density at radius 3 is 2.76 bits per heavy atom. The number of aromatic nitrogens is 2. The van der Waals surface area contributed by atoms with Gasteiger partial charge in [-0.05, 0) is 68.1 Å². The molecule has 4 rings (SSSR count). The van der Waals surface area contributed by atoms with Crippen molar-refractivity contribution in [3.63, 3.8) is 0 Å². The molecule has 0 aliphatic carbocycles. The molecule has 1 aliphatic rings. The number of hydrogen-bond acceptors (Lipinski definition) is 5. The molecule has 1 aromatic heterocycles. The van der Waals surface area contributed by atoms with E-state index >= 15 is 0 Å². The number of carbonyl (C=O) groups is 1. The minimum atomic E-state index is -0.122. The van der Waals surface area contributed by atoms with Crippen LogP contribution < -0.4 is 14.8 Å². The maximum Gasteiger partial charge on any atom is 0.251 e. The third-order valence-electron chi connectivity index (χ3n) is 5.75. The number of carbonyl (C=O) groups excluding carboxylic acids is 1. The van der Waals surface area contributed by atoms with E-state index < -0.39 is 0 Å². The highest BCUT2D eigenvalue weighted by Gasteiger charge is 2.17. The third kappa shape index (κ3) is 5.93. The summed E-state index contributed by atoms with van der Waals surface area (Å²) in [6, 6.07) is 15.4. The first-order chi connectivity index (χ1) is 16.0. The summed E-state index contributed by atoms with van der Waals surface area (Å²) < 4.78 is 18.9. The van der Waals surface area contributed by atoms with Gasteiger partial charge in [0.05, 0.1) is 25.5 Å². The van der Waals surface area contributed by atoms with E-state index in [-0.39, 0.29) is 12.0 Å². The average Bonchev–Trinajstić information content (AvgIpc) is 3.45. The largest absolute Gasteiger partial charge is 0.493 e. The molecule has 7 nitrogen and oxygen atoms in total. The predicted octanol–water partition coefficient (Wildman–Crippen LogP) is 4.04. The lowest BCUT2D eigenvalue weighted by atomic mass is 10.1. The van der Waals surface area contributed by atoms with Gasteiger partial charge in [-0.3, -0.25) is 9.48 Å². The van der Waals surface area contributed by atoms with E-state index in [1.54, 1.807) is 7.11 Å². The molecule has 2 heterocycles. The quantitative estimate of drug-likeness (QED) is 0.534. The van der Waals surface area contributed by atoms with Crippen LogP contribution in [0.1, 0.15) is 45.7 Å². The van der Waals surface area contributed by atoms with Gasteiger partial charge in [-0.25, -0.2) is 0 Å². The molecule has 3 aromatic rings. The number of rotatable bonds is 9. The summed E-state index contributed by atoms with van der Waals surface area (Å²) >= 11 is 0. The van der Waals surface area contributed by atoms with Crippen LogP contribution in [0.15, 0.2) is 48.5 Å². The van der Waals surface area contributed by atoms with Crippen LogP contribution in [0.25, 0.3) is 0 Å². The maximum atomic E-state index is 12.8. The highest BCUT2D eigenvalue weighted by molar-refractivity contribution is 5.94. The second-order valence-electron chi connectivity index (χ2n) is 8.40. The van der Waals surface area contributed by atoms with Crippen LogP contribution in [0, 0.1) is 13.8 Å². The molecule has 1 aliphatic heterocycles. The van der Waals surface area contributed by atoms with E-state index in [2.05, 4.69) is 10.4 Å². The number of nitrogens with one attached hydrogen (secondary N) is 1. The molecule has 33 heavy (non-hydrogen) atoms. The first kappa shape index (κ1) is 22.9. The van der Waals surface area contributed by atoms with Crippen LogP contribution in [-0.2, 0) is 17.8 Å². The van der Waals surface area contributed by atoms with Crippen LogP contribution in [0.5, 0.6) is 11.5 Å². The van der Waals surface area contributed by atoms with Gasteiger partial charge >= 0.3 is 0 Å². The number of ether oxygens (including phenoxy) is 3. The molecule has 1 atom stereocenters. The fourth-order valence-electron chi connectivity index (χ4n) is 4.00. The van der Waals surface area contributed by atoms with Gasteiger partial charge in [0.1, 0.15) is 6.61 Å². The Morgan fingerprint density at radius 2 is 2.03 bits per heavy atom. The number of benzene rings is 2. The zero-order valence-corrected chi connectivity index (χ0v) is 19.5. The summed E-state index contributed by atoms with van der Waals surface area (Å²) in [6.45, 7) is 6.35. The van der Waals surface area contributed by atoms with Crippen LogP contribution in [0.4, 0.5) is 0 Å². The molecule has 1 fully saturated rings. The Balaban J connectivity index is 1.35. The number of aryl methyl sites for hydroxylation is 2. The van der Waals surface area contributed by atoms with Crippen LogP contribution >= 0.6 is 0 Å². The van der Waals surface area contributed by atoms with E-state index in [0.717, 1.165) is 42.0 Å². The van der Waals surface area contributed by atoms with Crippen molar-refractivity contribution < 1.29 is 19.0 Å². The fraction of sp³-hybridized carbons (Fsp3) is 0.385. The molecule has 2 aromatic carbocycles.